The Hall–Kier alpha value is -2.35. The molecule has 3 rings (SSSR count). The normalized spacial score (nSPS) is 11.0. The lowest BCUT2D eigenvalue weighted by Crippen LogP contribution is -2.30. The molecule has 0 spiro atoms. The van der Waals surface area contributed by atoms with Crippen molar-refractivity contribution in [3.05, 3.63) is 83.1 Å². The molecule has 0 unspecified atom stereocenters. The molecule has 3 aromatic rings. The molecule has 0 amide bonds. The molecule has 0 atom stereocenters. The molecule has 0 bridgehead atoms. The standard InChI is InChI=1S/C21H24N4O.HI/c1-15-9-11-18(12-10-15)13-22-21(25-19-7-5-4-6-8-19)23-14-20-24-16(2)17(3)26-20;/h4-12H,13-14H2,1-3H3,(H2,22,23,25);1H. The van der Waals surface area contributed by atoms with Gasteiger partial charge in [0, 0.05) is 5.69 Å². The number of aryl methyl sites for hydroxylation is 3. The number of benzene rings is 2. The smallest absolute Gasteiger partial charge is 0.214 e. The van der Waals surface area contributed by atoms with Crippen LogP contribution in [0.3, 0.4) is 0 Å². The van der Waals surface area contributed by atoms with Crippen LogP contribution in [0, 0.1) is 20.8 Å². The van der Waals surface area contributed by atoms with Gasteiger partial charge in [0.15, 0.2) is 5.96 Å². The van der Waals surface area contributed by atoms with Crippen molar-refractivity contribution in [3.8, 4) is 0 Å². The van der Waals surface area contributed by atoms with E-state index < -0.39 is 0 Å². The fourth-order valence-corrected chi connectivity index (χ4v) is 2.44. The molecule has 1 aromatic heterocycles. The number of guanidine groups is 1. The van der Waals surface area contributed by atoms with Crippen LogP contribution in [0.5, 0.6) is 0 Å². The van der Waals surface area contributed by atoms with Gasteiger partial charge in [0.25, 0.3) is 0 Å². The first-order chi connectivity index (χ1) is 12.6. The Bertz CT molecular complexity index is 853. The summed E-state index contributed by atoms with van der Waals surface area (Å²) in [5.74, 6) is 2.18. The lowest BCUT2D eigenvalue weighted by molar-refractivity contribution is 0.465. The maximum absolute atomic E-state index is 5.63. The minimum absolute atomic E-state index is 0. The Morgan fingerprint density at radius 3 is 2.33 bits per heavy atom. The van der Waals surface area contributed by atoms with Crippen molar-refractivity contribution in [2.75, 3.05) is 5.32 Å². The third-order valence-corrected chi connectivity index (χ3v) is 4.06. The average Bonchev–Trinajstić information content (AvgIpc) is 2.97. The Balaban J connectivity index is 0.00000261. The van der Waals surface area contributed by atoms with E-state index in [1.54, 1.807) is 0 Å². The van der Waals surface area contributed by atoms with Gasteiger partial charge in [-0.15, -0.1) is 24.0 Å². The molecule has 0 aliphatic heterocycles. The molecule has 0 aliphatic rings. The van der Waals surface area contributed by atoms with Gasteiger partial charge in [-0.1, -0.05) is 48.0 Å². The van der Waals surface area contributed by atoms with E-state index in [1.807, 2.05) is 44.2 Å². The van der Waals surface area contributed by atoms with E-state index in [9.17, 15) is 0 Å². The largest absolute Gasteiger partial charge is 0.444 e. The van der Waals surface area contributed by atoms with Crippen LogP contribution in [-0.2, 0) is 13.1 Å². The topological polar surface area (TPSA) is 62.5 Å². The molecule has 0 radical (unpaired) electrons. The van der Waals surface area contributed by atoms with E-state index in [4.69, 9.17) is 4.42 Å². The highest BCUT2D eigenvalue weighted by molar-refractivity contribution is 14.0. The van der Waals surface area contributed by atoms with Gasteiger partial charge in [-0.3, -0.25) is 0 Å². The van der Waals surface area contributed by atoms with Crippen LogP contribution in [-0.4, -0.2) is 10.9 Å². The first kappa shape index (κ1) is 21.0. The quantitative estimate of drug-likeness (QED) is 0.310. The molecular weight excluding hydrogens is 451 g/mol. The Kier molecular flexibility index (Phi) is 7.84. The van der Waals surface area contributed by atoms with Crippen molar-refractivity contribution in [3.63, 3.8) is 0 Å². The van der Waals surface area contributed by atoms with Gasteiger partial charge in [-0.25, -0.2) is 9.98 Å². The number of oxazole rings is 1. The summed E-state index contributed by atoms with van der Waals surface area (Å²) in [6.45, 7) is 7.00. The predicted molar refractivity (Wildman–Crippen MR) is 121 cm³/mol. The predicted octanol–water partition coefficient (Wildman–Crippen LogP) is 4.98. The number of aliphatic imine (C=N–C) groups is 1. The van der Waals surface area contributed by atoms with Gasteiger partial charge in [0.05, 0.1) is 18.8 Å². The second kappa shape index (κ2) is 10.1. The van der Waals surface area contributed by atoms with Crippen LogP contribution in [0.4, 0.5) is 5.69 Å². The van der Waals surface area contributed by atoms with Gasteiger partial charge in [-0.05, 0) is 38.5 Å². The summed E-state index contributed by atoms with van der Waals surface area (Å²) in [7, 11) is 0. The Morgan fingerprint density at radius 1 is 1.00 bits per heavy atom. The summed E-state index contributed by atoms with van der Waals surface area (Å²) in [4.78, 5) is 9.09. The monoisotopic (exact) mass is 476 g/mol. The van der Waals surface area contributed by atoms with Gasteiger partial charge in [-0.2, -0.15) is 0 Å². The second-order valence-corrected chi connectivity index (χ2v) is 6.24. The average molecular weight is 476 g/mol. The maximum atomic E-state index is 5.63. The van der Waals surface area contributed by atoms with E-state index in [0.29, 0.717) is 24.9 Å². The zero-order chi connectivity index (χ0) is 18.4. The minimum atomic E-state index is 0. The summed E-state index contributed by atoms with van der Waals surface area (Å²) >= 11 is 0. The van der Waals surface area contributed by atoms with Gasteiger partial charge >= 0.3 is 0 Å². The summed E-state index contributed by atoms with van der Waals surface area (Å²) in [5, 5.41) is 6.61. The van der Waals surface area contributed by atoms with E-state index in [0.717, 1.165) is 22.7 Å². The van der Waals surface area contributed by atoms with Gasteiger partial charge < -0.3 is 15.1 Å². The number of anilines is 1. The molecule has 2 N–H and O–H groups in total. The van der Waals surface area contributed by atoms with Crippen molar-refractivity contribution in [1.82, 2.24) is 10.3 Å². The number of nitrogens with zero attached hydrogens (tertiary/aromatic N) is 2. The molecule has 5 nitrogen and oxygen atoms in total. The van der Waals surface area contributed by atoms with Crippen LogP contribution < -0.4 is 10.6 Å². The summed E-state index contributed by atoms with van der Waals surface area (Å²) in [6.07, 6.45) is 0. The molecule has 1 heterocycles. The van der Waals surface area contributed by atoms with Crippen LogP contribution in [0.2, 0.25) is 0 Å². The SMILES string of the molecule is Cc1ccc(CN=C(NCc2nc(C)c(C)o2)Nc2ccccc2)cc1.I. The number of halogens is 1. The highest BCUT2D eigenvalue weighted by Crippen LogP contribution is 2.09. The molecule has 6 heteroatoms. The van der Waals surface area contributed by atoms with Crippen molar-refractivity contribution < 1.29 is 4.42 Å². The zero-order valence-corrected chi connectivity index (χ0v) is 18.2. The van der Waals surface area contributed by atoms with E-state index in [1.165, 1.54) is 5.56 Å². The number of para-hydroxylation sites is 1. The van der Waals surface area contributed by atoms with E-state index >= 15 is 0 Å². The van der Waals surface area contributed by atoms with Crippen molar-refractivity contribution in [2.24, 2.45) is 4.99 Å². The molecular formula is C21H25IN4O. The third-order valence-electron chi connectivity index (χ3n) is 4.06. The number of rotatable bonds is 5. The summed E-state index contributed by atoms with van der Waals surface area (Å²) < 4.78 is 5.63. The fraction of sp³-hybridized carbons (Fsp3) is 0.238. The second-order valence-electron chi connectivity index (χ2n) is 6.24. The van der Waals surface area contributed by atoms with Crippen LogP contribution in [0.1, 0.15) is 28.5 Å². The van der Waals surface area contributed by atoms with E-state index in [2.05, 4.69) is 51.8 Å². The molecule has 2 aromatic carbocycles. The molecule has 27 heavy (non-hydrogen) atoms. The third kappa shape index (κ3) is 6.39. The van der Waals surface area contributed by atoms with Crippen molar-refractivity contribution >= 4 is 35.6 Å². The highest BCUT2D eigenvalue weighted by atomic mass is 127. The minimum Gasteiger partial charge on any atom is -0.444 e. The van der Waals surface area contributed by atoms with Gasteiger partial charge in [0.2, 0.25) is 5.89 Å². The first-order valence-corrected chi connectivity index (χ1v) is 8.69. The number of nitrogens with one attached hydrogen (secondary N) is 2. The molecule has 0 saturated heterocycles. The maximum Gasteiger partial charge on any atom is 0.214 e. The molecule has 0 fully saturated rings. The molecule has 142 valence electrons. The van der Waals surface area contributed by atoms with Crippen LogP contribution >= 0.6 is 24.0 Å². The van der Waals surface area contributed by atoms with Crippen LogP contribution in [0.15, 0.2) is 64.0 Å². The molecule has 0 saturated carbocycles. The number of hydrogen-bond donors (Lipinski definition) is 2. The zero-order valence-electron chi connectivity index (χ0n) is 15.8. The van der Waals surface area contributed by atoms with Crippen molar-refractivity contribution in [2.45, 2.75) is 33.9 Å². The lowest BCUT2D eigenvalue weighted by Gasteiger charge is -2.11. The lowest BCUT2D eigenvalue weighted by atomic mass is 10.1. The first-order valence-electron chi connectivity index (χ1n) is 8.69. The van der Waals surface area contributed by atoms with Gasteiger partial charge in [0.1, 0.15) is 5.76 Å². The van der Waals surface area contributed by atoms with E-state index in [-0.39, 0.29) is 24.0 Å². The summed E-state index contributed by atoms with van der Waals surface area (Å²) in [6, 6.07) is 18.4. The van der Waals surface area contributed by atoms with Crippen LogP contribution in [0.25, 0.3) is 0 Å². The number of aromatic nitrogens is 1. The highest BCUT2D eigenvalue weighted by Gasteiger charge is 2.07. The van der Waals surface area contributed by atoms with Crippen molar-refractivity contribution in [1.29, 1.82) is 0 Å². The summed E-state index contributed by atoms with van der Waals surface area (Å²) in [5.41, 5.74) is 4.29. The molecule has 0 aliphatic carbocycles. The Labute approximate surface area is 177 Å². The number of hydrogen-bond acceptors (Lipinski definition) is 3. The fourth-order valence-electron chi connectivity index (χ4n) is 2.44. The Morgan fingerprint density at radius 2 is 1.70 bits per heavy atom.